The summed E-state index contributed by atoms with van der Waals surface area (Å²) in [6, 6.07) is 15.3. The molecule has 2 heterocycles. The summed E-state index contributed by atoms with van der Waals surface area (Å²) < 4.78 is 11.6. The van der Waals surface area contributed by atoms with Crippen LogP contribution in [0.3, 0.4) is 0 Å². The second kappa shape index (κ2) is 10.3. The quantitative estimate of drug-likeness (QED) is 0.424. The van der Waals surface area contributed by atoms with Gasteiger partial charge in [0.2, 0.25) is 5.91 Å². The number of amides is 2. The normalized spacial score (nSPS) is 16.9. The maximum absolute atomic E-state index is 13.7. The van der Waals surface area contributed by atoms with Crippen molar-refractivity contribution >= 4 is 23.2 Å². The zero-order chi connectivity index (χ0) is 25.2. The van der Waals surface area contributed by atoms with Crippen molar-refractivity contribution < 1.29 is 19.1 Å². The van der Waals surface area contributed by atoms with Crippen LogP contribution in [0, 0.1) is 13.8 Å². The van der Waals surface area contributed by atoms with Crippen LogP contribution in [0.2, 0.25) is 0 Å². The van der Waals surface area contributed by atoms with Crippen LogP contribution in [-0.2, 0) is 11.2 Å². The smallest absolute Gasteiger partial charge is 0.254 e. The number of ether oxygens (including phenoxy) is 2. The molecule has 1 saturated carbocycles. The van der Waals surface area contributed by atoms with Crippen LogP contribution in [0.25, 0.3) is 0 Å². The zero-order valence-corrected chi connectivity index (χ0v) is 21.8. The summed E-state index contributed by atoms with van der Waals surface area (Å²) in [7, 11) is 1.58. The molecular formula is C29H32N2O4S. The van der Waals surface area contributed by atoms with E-state index < -0.39 is 0 Å². The van der Waals surface area contributed by atoms with E-state index in [-0.39, 0.29) is 30.4 Å². The molecule has 2 aromatic carbocycles. The highest BCUT2D eigenvalue weighted by Gasteiger charge is 2.38. The molecule has 0 bridgehead atoms. The number of methoxy groups -OCH3 is 1. The van der Waals surface area contributed by atoms with Crippen molar-refractivity contribution in [1.29, 1.82) is 0 Å². The molecule has 2 amide bonds. The van der Waals surface area contributed by atoms with E-state index in [4.69, 9.17) is 9.47 Å². The molecule has 188 valence electrons. The average Bonchev–Trinajstić information content (AvgIpc) is 3.61. The summed E-state index contributed by atoms with van der Waals surface area (Å²) in [6.45, 7) is 5.18. The van der Waals surface area contributed by atoms with E-state index in [2.05, 4.69) is 24.4 Å². The Morgan fingerprint density at radius 1 is 1.11 bits per heavy atom. The van der Waals surface area contributed by atoms with Gasteiger partial charge >= 0.3 is 0 Å². The summed E-state index contributed by atoms with van der Waals surface area (Å²) in [5.41, 5.74) is 3.97. The lowest BCUT2D eigenvalue weighted by atomic mass is 10.00. The summed E-state index contributed by atoms with van der Waals surface area (Å²) >= 11 is 1.73. The number of carbonyl (C=O) groups excluding carboxylic acids is 2. The first-order chi connectivity index (χ1) is 17.4. The number of carbonyl (C=O) groups is 2. The largest absolute Gasteiger partial charge is 0.497 e. The Bertz CT molecular complexity index is 1270. The van der Waals surface area contributed by atoms with Crippen molar-refractivity contribution in [3.05, 3.63) is 81.0 Å². The van der Waals surface area contributed by atoms with Gasteiger partial charge in [-0.15, -0.1) is 11.3 Å². The molecule has 0 unspecified atom stereocenters. The molecule has 1 aliphatic carbocycles. The maximum atomic E-state index is 13.7. The third kappa shape index (κ3) is 5.12. The lowest BCUT2D eigenvalue weighted by molar-refractivity contribution is -0.135. The van der Waals surface area contributed by atoms with Crippen LogP contribution in [-0.4, -0.2) is 54.5 Å². The molecule has 1 aromatic heterocycles. The van der Waals surface area contributed by atoms with Crippen molar-refractivity contribution in [3.63, 3.8) is 0 Å². The number of fused-ring (bicyclic) bond motifs is 1. The standard InChI is InChI=1S/C29H32N2O4S/c1-19-7-10-26(20(2)15-19)35-18-25-24-12-14-36-27(24)11-13-30(25)28(32)17-31(22-8-9-22)29(33)21-5-4-6-23(16-21)34-3/h4-7,10,12,14-16,22,25H,8-9,11,13,17-18H2,1-3H3/t25-/m1/s1. The average molecular weight is 505 g/mol. The van der Waals surface area contributed by atoms with Gasteiger partial charge < -0.3 is 19.3 Å². The molecule has 7 heteroatoms. The van der Waals surface area contributed by atoms with Gasteiger partial charge in [0.05, 0.1) is 13.2 Å². The first kappa shape index (κ1) is 24.4. The van der Waals surface area contributed by atoms with E-state index in [0.29, 0.717) is 24.5 Å². The Labute approximate surface area is 216 Å². The fraction of sp³-hybridized carbons (Fsp3) is 0.379. The molecule has 0 saturated heterocycles. The van der Waals surface area contributed by atoms with E-state index in [1.54, 1.807) is 35.5 Å². The highest BCUT2D eigenvalue weighted by atomic mass is 32.1. The fourth-order valence-corrected chi connectivity index (χ4v) is 5.84. The lowest BCUT2D eigenvalue weighted by Crippen LogP contribution is -2.48. The summed E-state index contributed by atoms with van der Waals surface area (Å²) in [6.07, 6.45) is 2.68. The Kier molecular flexibility index (Phi) is 7.01. The highest BCUT2D eigenvalue weighted by molar-refractivity contribution is 7.10. The third-order valence-electron chi connectivity index (χ3n) is 7.01. The van der Waals surface area contributed by atoms with Crippen molar-refractivity contribution in [2.24, 2.45) is 0 Å². The van der Waals surface area contributed by atoms with Crippen molar-refractivity contribution in [1.82, 2.24) is 9.80 Å². The van der Waals surface area contributed by atoms with Crippen molar-refractivity contribution in [2.75, 3.05) is 26.8 Å². The molecule has 1 atom stereocenters. The van der Waals surface area contributed by atoms with Gasteiger partial charge in [0, 0.05) is 23.0 Å². The molecule has 1 fully saturated rings. The number of rotatable bonds is 8. The third-order valence-corrected chi connectivity index (χ3v) is 8.01. The minimum Gasteiger partial charge on any atom is -0.497 e. The molecule has 5 rings (SSSR count). The molecule has 1 aliphatic heterocycles. The fourth-order valence-electron chi connectivity index (χ4n) is 4.92. The molecule has 36 heavy (non-hydrogen) atoms. The number of benzene rings is 2. The summed E-state index contributed by atoms with van der Waals surface area (Å²) in [5, 5.41) is 2.09. The molecule has 0 N–H and O–H groups in total. The van der Waals surface area contributed by atoms with E-state index in [0.717, 1.165) is 36.1 Å². The Morgan fingerprint density at radius 3 is 2.69 bits per heavy atom. The minimum absolute atomic E-state index is 0.0378. The van der Waals surface area contributed by atoms with Crippen LogP contribution in [0.15, 0.2) is 53.9 Å². The van der Waals surface area contributed by atoms with Crippen molar-refractivity contribution in [2.45, 2.75) is 45.2 Å². The molecule has 0 spiro atoms. The van der Waals surface area contributed by atoms with Gasteiger partial charge in [0.1, 0.15) is 24.7 Å². The monoisotopic (exact) mass is 504 g/mol. The van der Waals surface area contributed by atoms with E-state index in [1.165, 1.54) is 10.4 Å². The summed E-state index contributed by atoms with van der Waals surface area (Å²) in [5.74, 6) is 1.31. The van der Waals surface area contributed by atoms with Gasteiger partial charge in [0.25, 0.3) is 5.91 Å². The zero-order valence-electron chi connectivity index (χ0n) is 21.0. The predicted molar refractivity (Wildman–Crippen MR) is 141 cm³/mol. The van der Waals surface area contributed by atoms with Crippen LogP contribution < -0.4 is 9.47 Å². The van der Waals surface area contributed by atoms with E-state index in [9.17, 15) is 9.59 Å². The highest BCUT2D eigenvalue weighted by Crippen LogP contribution is 2.35. The number of nitrogens with zero attached hydrogens (tertiary/aromatic N) is 2. The Hall–Kier alpha value is -3.32. The number of aryl methyl sites for hydroxylation is 2. The van der Waals surface area contributed by atoms with E-state index >= 15 is 0 Å². The van der Waals surface area contributed by atoms with Crippen LogP contribution >= 0.6 is 11.3 Å². The Balaban J connectivity index is 1.35. The first-order valence-electron chi connectivity index (χ1n) is 12.5. The van der Waals surface area contributed by atoms with Crippen LogP contribution in [0.5, 0.6) is 11.5 Å². The maximum Gasteiger partial charge on any atom is 0.254 e. The van der Waals surface area contributed by atoms with E-state index in [1.807, 2.05) is 36.1 Å². The van der Waals surface area contributed by atoms with Gasteiger partial charge in [-0.1, -0.05) is 23.8 Å². The minimum atomic E-state index is -0.179. The van der Waals surface area contributed by atoms with Gasteiger partial charge in [-0.2, -0.15) is 0 Å². The van der Waals surface area contributed by atoms with Gasteiger partial charge in [-0.25, -0.2) is 0 Å². The van der Waals surface area contributed by atoms with Gasteiger partial charge in [-0.05, 0) is 79.9 Å². The topological polar surface area (TPSA) is 59.1 Å². The second-order valence-electron chi connectivity index (χ2n) is 9.63. The van der Waals surface area contributed by atoms with Gasteiger partial charge in [-0.3, -0.25) is 9.59 Å². The first-order valence-corrected chi connectivity index (χ1v) is 13.3. The summed E-state index contributed by atoms with van der Waals surface area (Å²) in [4.78, 5) is 32.1. The molecular weight excluding hydrogens is 472 g/mol. The molecule has 3 aromatic rings. The number of hydrogen-bond donors (Lipinski definition) is 0. The lowest BCUT2D eigenvalue weighted by Gasteiger charge is -2.37. The molecule has 2 aliphatic rings. The Morgan fingerprint density at radius 2 is 1.94 bits per heavy atom. The predicted octanol–water partition coefficient (Wildman–Crippen LogP) is 5.18. The van der Waals surface area contributed by atoms with Crippen LogP contribution in [0.1, 0.15) is 50.8 Å². The molecule has 0 radical (unpaired) electrons. The second-order valence-corrected chi connectivity index (χ2v) is 10.6. The molecule has 6 nitrogen and oxygen atoms in total. The van der Waals surface area contributed by atoms with Crippen molar-refractivity contribution in [3.8, 4) is 11.5 Å². The van der Waals surface area contributed by atoms with Crippen LogP contribution in [0.4, 0.5) is 0 Å². The van der Waals surface area contributed by atoms with Gasteiger partial charge in [0.15, 0.2) is 0 Å². The SMILES string of the molecule is COc1cccc(C(=O)N(CC(=O)N2CCc3sccc3[C@H]2COc2ccc(C)cc2C)C2CC2)c1. The number of hydrogen-bond acceptors (Lipinski definition) is 5. The number of thiophene rings is 1.